The molecule has 0 spiro atoms. The zero-order valence-corrected chi connectivity index (χ0v) is 17.7. The van der Waals surface area contributed by atoms with E-state index in [9.17, 15) is 13.2 Å². The predicted molar refractivity (Wildman–Crippen MR) is 107 cm³/mol. The van der Waals surface area contributed by atoms with Crippen LogP contribution in [0.15, 0.2) is 29.2 Å². The quantitative estimate of drug-likeness (QED) is 0.718. The maximum absolute atomic E-state index is 13.2. The van der Waals surface area contributed by atoms with Crippen LogP contribution < -0.4 is 0 Å². The molecule has 0 aliphatic carbocycles. The van der Waals surface area contributed by atoms with Crippen molar-refractivity contribution in [3.05, 3.63) is 29.8 Å². The number of aryl methyl sites for hydroxylation is 1. The summed E-state index contributed by atoms with van der Waals surface area (Å²) in [5.41, 5.74) is 0.989. The van der Waals surface area contributed by atoms with Gasteiger partial charge in [-0.15, -0.1) is 0 Å². The first-order valence-electron chi connectivity index (χ1n) is 10.1. The number of ether oxygens (including phenoxy) is 3. The summed E-state index contributed by atoms with van der Waals surface area (Å²) >= 11 is 0. The van der Waals surface area contributed by atoms with E-state index in [-0.39, 0.29) is 10.8 Å². The van der Waals surface area contributed by atoms with Gasteiger partial charge < -0.3 is 19.1 Å². The fourth-order valence-corrected chi connectivity index (χ4v) is 5.21. The third kappa shape index (κ3) is 5.76. The van der Waals surface area contributed by atoms with Gasteiger partial charge in [0, 0.05) is 19.6 Å². The van der Waals surface area contributed by atoms with E-state index in [4.69, 9.17) is 14.2 Å². The molecule has 162 valence electrons. The Labute approximate surface area is 172 Å². The molecule has 2 aliphatic heterocycles. The summed E-state index contributed by atoms with van der Waals surface area (Å²) in [5.74, 6) is -0.182. The molecule has 1 aromatic carbocycles. The molecule has 9 heteroatoms. The smallest absolute Gasteiger partial charge is 0.243 e. The summed E-state index contributed by atoms with van der Waals surface area (Å²) in [6.45, 7) is 5.72. The molecule has 0 unspecified atom stereocenters. The fraction of sp³-hybridized carbons (Fsp3) is 0.650. The largest absolute Gasteiger partial charge is 0.377 e. The van der Waals surface area contributed by atoms with E-state index < -0.39 is 16.1 Å². The third-order valence-corrected chi connectivity index (χ3v) is 7.11. The van der Waals surface area contributed by atoms with Crippen LogP contribution in [0.2, 0.25) is 0 Å². The van der Waals surface area contributed by atoms with Crippen molar-refractivity contribution in [2.75, 3.05) is 59.3 Å². The van der Waals surface area contributed by atoms with Crippen molar-refractivity contribution in [1.82, 2.24) is 9.21 Å². The highest BCUT2D eigenvalue weighted by molar-refractivity contribution is 7.89. The highest BCUT2D eigenvalue weighted by atomic mass is 32.2. The number of rotatable bonds is 3. The van der Waals surface area contributed by atoms with Crippen LogP contribution in [0.4, 0.5) is 0 Å². The maximum atomic E-state index is 13.2. The zero-order valence-electron chi connectivity index (χ0n) is 16.9. The lowest BCUT2D eigenvalue weighted by Crippen LogP contribution is -2.49. The van der Waals surface area contributed by atoms with E-state index in [2.05, 4.69) is 0 Å². The molecule has 3 rings (SSSR count). The number of hydrogen-bond donors (Lipinski definition) is 0. The first-order chi connectivity index (χ1) is 14.0. The highest BCUT2D eigenvalue weighted by Gasteiger charge is 2.41. The summed E-state index contributed by atoms with van der Waals surface area (Å²) in [6, 6.07) is 6.07. The average molecular weight is 427 g/mol. The Bertz CT molecular complexity index is 756. The number of carbonyl (C=O) groups excluding carboxylic acids is 1. The van der Waals surface area contributed by atoms with E-state index in [1.54, 1.807) is 29.2 Å². The summed E-state index contributed by atoms with van der Waals surface area (Å²) < 4.78 is 44.1. The lowest BCUT2D eigenvalue weighted by molar-refractivity contribution is -0.136. The lowest BCUT2D eigenvalue weighted by atomic mass is 10.2. The Morgan fingerprint density at radius 1 is 0.897 bits per heavy atom. The standard InChI is InChI=1S/C20H30N2O6S/c1-17-4-6-18(7-5-17)29(24,25)22-8-2-3-19(22)20(23)21-9-11-26-13-15-28-16-14-27-12-10-21/h4-7,19H,2-3,8-16H2,1H3/t19-/m1/s1. The Kier molecular flexibility index (Phi) is 8.02. The van der Waals surface area contributed by atoms with Crippen LogP contribution in [0.25, 0.3) is 0 Å². The number of sulfonamides is 1. The lowest BCUT2D eigenvalue weighted by Gasteiger charge is -2.30. The second kappa shape index (κ2) is 10.5. The van der Waals surface area contributed by atoms with Gasteiger partial charge in [-0.1, -0.05) is 17.7 Å². The zero-order chi connectivity index (χ0) is 20.7. The number of amides is 1. The summed E-state index contributed by atoms with van der Waals surface area (Å²) in [5, 5.41) is 0. The van der Waals surface area contributed by atoms with Crippen molar-refractivity contribution < 1.29 is 27.4 Å². The number of benzene rings is 1. The van der Waals surface area contributed by atoms with Crippen LogP contribution in [-0.4, -0.2) is 88.8 Å². The van der Waals surface area contributed by atoms with Gasteiger partial charge in [0.15, 0.2) is 0 Å². The van der Waals surface area contributed by atoms with E-state index >= 15 is 0 Å². The molecule has 0 N–H and O–H groups in total. The minimum atomic E-state index is -3.72. The van der Waals surface area contributed by atoms with Crippen LogP contribution in [0.3, 0.4) is 0 Å². The molecule has 29 heavy (non-hydrogen) atoms. The van der Waals surface area contributed by atoms with Crippen molar-refractivity contribution in [2.45, 2.75) is 30.7 Å². The molecule has 0 saturated carbocycles. The first-order valence-corrected chi connectivity index (χ1v) is 11.5. The van der Waals surface area contributed by atoms with Crippen molar-refractivity contribution in [3.8, 4) is 0 Å². The van der Waals surface area contributed by atoms with E-state index in [1.807, 2.05) is 6.92 Å². The Balaban J connectivity index is 1.72. The third-order valence-electron chi connectivity index (χ3n) is 5.18. The monoisotopic (exact) mass is 426 g/mol. The second-order valence-electron chi connectivity index (χ2n) is 7.25. The second-order valence-corrected chi connectivity index (χ2v) is 9.14. The van der Waals surface area contributed by atoms with Gasteiger partial charge in [0.05, 0.1) is 44.5 Å². The molecule has 1 atom stereocenters. The van der Waals surface area contributed by atoms with Gasteiger partial charge in [-0.2, -0.15) is 4.31 Å². The molecule has 0 radical (unpaired) electrons. The van der Waals surface area contributed by atoms with Crippen molar-refractivity contribution in [3.63, 3.8) is 0 Å². The van der Waals surface area contributed by atoms with Crippen LogP contribution >= 0.6 is 0 Å². The molecule has 0 bridgehead atoms. The molecular weight excluding hydrogens is 396 g/mol. The van der Waals surface area contributed by atoms with Gasteiger partial charge in [0.25, 0.3) is 0 Å². The molecule has 1 aromatic rings. The molecule has 2 fully saturated rings. The van der Waals surface area contributed by atoms with Crippen molar-refractivity contribution in [2.24, 2.45) is 0 Å². The minimum Gasteiger partial charge on any atom is -0.377 e. The van der Waals surface area contributed by atoms with Gasteiger partial charge in [-0.25, -0.2) is 8.42 Å². The fourth-order valence-electron chi connectivity index (χ4n) is 3.55. The minimum absolute atomic E-state index is 0.182. The van der Waals surface area contributed by atoms with Crippen LogP contribution in [0.5, 0.6) is 0 Å². The summed E-state index contributed by atoms with van der Waals surface area (Å²) in [7, 11) is -3.72. The summed E-state index contributed by atoms with van der Waals surface area (Å²) in [4.78, 5) is 15.1. The van der Waals surface area contributed by atoms with Gasteiger partial charge in [-0.05, 0) is 31.9 Å². The van der Waals surface area contributed by atoms with Gasteiger partial charge in [-0.3, -0.25) is 4.79 Å². The molecule has 2 heterocycles. The molecule has 2 saturated heterocycles. The number of hydrogen-bond acceptors (Lipinski definition) is 6. The average Bonchev–Trinajstić information content (AvgIpc) is 3.19. The molecule has 0 aromatic heterocycles. The molecular formula is C20H30N2O6S. The topological polar surface area (TPSA) is 85.4 Å². The highest BCUT2D eigenvalue weighted by Crippen LogP contribution is 2.27. The van der Waals surface area contributed by atoms with Crippen LogP contribution in [0, 0.1) is 6.92 Å². The summed E-state index contributed by atoms with van der Waals surface area (Å²) in [6.07, 6.45) is 1.19. The van der Waals surface area contributed by atoms with Crippen LogP contribution in [0.1, 0.15) is 18.4 Å². The SMILES string of the molecule is Cc1ccc(S(=O)(=O)N2CCC[C@@H]2C(=O)N2CCOCCOCCOCC2)cc1. The normalized spacial score (nSPS) is 23.3. The first kappa shape index (κ1) is 22.2. The van der Waals surface area contributed by atoms with E-state index in [1.165, 1.54) is 4.31 Å². The Hall–Kier alpha value is -1.52. The molecule has 2 aliphatic rings. The van der Waals surface area contributed by atoms with Gasteiger partial charge in [0.1, 0.15) is 6.04 Å². The number of nitrogens with zero attached hydrogens (tertiary/aromatic N) is 2. The maximum Gasteiger partial charge on any atom is 0.243 e. The molecule has 1 amide bonds. The van der Waals surface area contributed by atoms with Crippen LogP contribution in [-0.2, 0) is 29.0 Å². The number of carbonyl (C=O) groups is 1. The van der Waals surface area contributed by atoms with Gasteiger partial charge >= 0.3 is 0 Å². The van der Waals surface area contributed by atoms with Crippen molar-refractivity contribution in [1.29, 1.82) is 0 Å². The van der Waals surface area contributed by atoms with Crippen molar-refractivity contribution >= 4 is 15.9 Å². The Morgan fingerprint density at radius 3 is 2.03 bits per heavy atom. The molecule has 8 nitrogen and oxygen atoms in total. The Morgan fingerprint density at radius 2 is 1.45 bits per heavy atom. The van der Waals surface area contributed by atoms with E-state index in [0.717, 1.165) is 5.56 Å². The van der Waals surface area contributed by atoms with E-state index in [0.29, 0.717) is 72.1 Å². The van der Waals surface area contributed by atoms with Gasteiger partial charge in [0.2, 0.25) is 15.9 Å². The predicted octanol–water partition coefficient (Wildman–Crippen LogP) is 1.04.